The number of aromatic nitrogens is 4. The van der Waals surface area contributed by atoms with E-state index in [-0.39, 0.29) is 18.2 Å². The SMILES string of the molecule is Cc1ccc(C)c(Cn2c(NCCNC(=O)CCCl)nc3c2c(=O)n(C)c(=O)n3C)c1. The fourth-order valence-electron chi connectivity index (χ4n) is 3.43. The topological polar surface area (TPSA) is 103 Å². The van der Waals surface area contributed by atoms with Crippen molar-refractivity contribution in [1.82, 2.24) is 24.0 Å². The summed E-state index contributed by atoms with van der Waals surface area (Å²) in [6.45, 7) is 5.22. The number of carbonyl (C=O) groups is 1. The Morgan fingerprint density at radius 2 is 1.87 bits per heavy atom. The highest BCUT2D eigenvalue weighted by Crippen LogP contribution is 2.20. The van der Waals surface area contributed by atoms with Crippen LogP contribution in [0.3, 0.4) is 0 Å². The Balaban J connectivity index is 2.03. The highest BCUT2D eigenvalue weighted by atomic mass is 35.5. The van der Waals surface area contributed by atoms with Crippen LogP contribution in [-0.2, 0) is 25.4 Å². The highest BCUT2D eigenvalue weighted by molar-refractivity contribution is 6.18. The molecule has 10 heteroatoms. The minimum absolute atomic E-state index is 0.128. The number of rotatable bonds is 8. The monoisotopic (exact) mass is 446 g/mol. The molecular formula is C21H27ClN6O3. The van der Waals surface area contributed by atoms with E-state index < -0.39 is 11.2 Å². The van der Waals surface area contributed by atoms with Crippen LogP contribution >= 0.6 is 11.6 Å². The number of benzene rings is 1. The van der Waals surface area contributed by atoms with E-state index in [1.807, 2.05) is 26.0 Å². The second-order valence-corrected chi connectivity index (χ2v) is 7.92. The standard InChI is InChI=1S/C21H27ClN6O3/c1-13-5-6-14(2)15(11-13)12-28-17-18(26(3)21(31)27(4)19(17)30)25-20(28)24-10-9-23-16(29)7-8-22/h5-6,11H,7-10,12H2,1-4H3,(H,23,29)(H,24,25). The van der Waals surface area contributed by atoms with Crippen molar-refractivity contribution in [3.8, 4) is 0 Å². The Kier molecular flexibility index (Phi) is 6.84. The van der Waals surface area contributed by atoms with Crippen LogP contribution in [0.4, 0.5) is 5.95 Å². The summed E-state index contributed by atoms with van der Waals surface area (Å²) >= 11 is 5.58. The van der Waals surface area contributed by atoms with Crippen LogP contribution in [0, 0.1) is 13.8 Å². The number of carbonyl (C=O) groups excluding carboxylic acids is 1. The maximum Gasteiger partial charge on any atom is 0.332 e. The van der Waals surface area contributed by atoms with Gasteiger partial charge in [0.1, 0.15) is 0 Å². The maximum absolute atomic E-state index is 13.0. The Bertz CT molecular complexity index is 1240. The molecule has 3 aromatic rings. The van der Waals surface area contributed by atoms with Gasteiger partial charge < -0.3 is 10.6 Å². The van der Waals surface area contributed by atoms with E-state index in [0.717, 1.165) is 21.3 Å². The van der Waals surface area contributed by atoms with Crippen molar-refractivity contribution in [2.24, 2.45) is 14.1 Å². The normalized spacial score (nSPS) is 11.1. The molecule has 0 aliphatic carbocycles. The largest absolute Gasteiger partial charge is 0.354 e. The van der Waals surface area contributed by atoms with E-state index in [0.29, 0.717) is 36.7 Å². The summed E-state index contributed by atoms with van der Waals surface area (Å²) < 4.78 is 4.24. The third kappa shape index (κ3) is 4.66. The Morgan fingerprint density at radius 1 is 1.13 bits per heavy atom. The molecule has 1 aromatic carbocycles. The number of hydrogen-bond donors (Lipinski definition) is 2. The van der Waals surface area contributed by atoms with Gasteiger partial charge in [-0.3, -0.25) is 23.3 Å². The molecule has 2 N–H and O–H groups in total. The van der Waals surface area contributed by atoms with Gasteiger partial charge in [0.05, 0.1) is 6.54 Å². The van der Waals surface area contributed by atoms with Gasteiger partial charge in [0, 0.05) is 39.5 Å². The van der Waals surface area contributed by atoms with Crippen molar-refractivity contribution in [2.45, 2.75) is 26.8 Å². The van der Waals surface area contributed by atoms with E-state index in [1.165, 1.54) is 11.6 Å². The number of imidazole rings is 1. The predicted molar refractivity (Wildman–Crippen MR) is 122 cm³/mol. The summed E-state index contributed by atoms with van der Waals surface area (Å²) in [5.74, 6) is 0.597. The molecule has 0 saturated carbocycles. The molecule has 1 amide bonds. The lowest BCUT2D eigenvalue weighted by Gasteiger charge is -2.13. The molecule has 0 spiro atoms. The Labute approximate surface area is 184 Å². The lowest BCUT2D eigenvalue weighted by molar-refractivity contribution is -0.120. The lowest BCUT2D eigenvalue weighted by atomic mass is 10.1. The van der Waals surface area contributed by atoms with E-state index >= 15 is 0 Å². The van der Waals surface area contributed by atoms with Gasteiger partial charge in [0.15, 0.2) is 11.2 Å². The van der Waals surface area contributed by atoms with Crippen molar-refractivity contribution in [1.29, 1.82) is 0 Å². The molecule has 0 fully saturated rings. The van der Waals surface area contributed by atoms with Gasteiger partial charge in [-0.05, 0) is 25.0 Å². The highest BCUT2D eigenvalue weighted by Gasteiger charge is 2.19. The first-order valence-electron chi connectivity index (χ1n) is 10.0. The molecule has 2 heterocycles. The van der Waals surface area contributed by atoms with Crippen molar-refractivity contribution in [3.05, 3.63) is 55.7 Å². The maximum atomic E-state index is 13.0. The van der Waals surface area contributed by atoms with Crippen molar-refractivity contribution < 1.29 is 4.79 Å². The molecule has 166 valence electrons. The first-order chi connectivity index (χ1) is 14.7. The molecule has 0 unspecified atom stereocenters. The van der Waals surface area contributed by atoms with Crippen molar-refractivity contribution in [3.63, 3.8) is 0 Å². The number of alkyl halides is 1. The first-order valence-corrected chi connectivity index (χ1v) is 10.6. The third-order valence-electron chi connectivity index (χ3n) is 5.23. The molecule has 0 bridgehead atoms. The van der Waals surface area contributed by atoms with Crippen LogP contribution in [-0.4, -0.2) is 43.6 Å². The van der Waals surface area contributed by atoms with Gasteiger partial charge in [0.25, 0.3) is 5.56 Å². The summed E-state index contributed by atoms with van der Waals surface area (Å²) in [5, 5.41) is 5.96. The van der Waals surface area contributed by atoms with E-state index in [2.05, 4.69) is 21.7 Å². The van der Waals surface area contributed by atoms with Gasteiger partial charge in [-0.1, -0.05) is 23.8 Å². The van der Waals surface area contributed by atoms with Crippen LogP contribution in [0.15, 0.2) is 27.8 Å². The fourth-order valence-corrected chi connectivity index (χ4v) is 3.60. The average molecular weight is 447 g/mol. The van der Waals surface area contributed by atoms with Crippen LogP contribution in [0.25, 0.3) is 11.2 Å². The second-order valence-electron chi connectivity index (χ2n) is 7.55. The number of fused-ring (bicyclic) bond motifs is 1. The molecule has 0 saturated heterocycles. The molecular weight excluding hydrogens is 420 g/mol. The molecule has 9 nitrogen and oxygen atoms in total. The summed E-state index contributed by atoms with van der Waals surface area (Å²) in [6, 6.07) is 6.15. The minimum Gasteiger partial charge on any atom is -0.354 e. The number of nitrogens with one attached hydrogen (secondary N) is 2. The zero-order valence-electron chi connectivity index (χ0n) is 18.2. The summed E-state index contributed by atoms with van der Waals surface area (Å²) in [6.07, 6.45) is 0.255. The molecule has 0 aliphatic rings. The lowest BCUT2D eigenvalue weighted by Crippen LogP contribution is -2.37. The van der Waals surface area contributed by atoms with Gasteiger partial charge in [0.2, 0.25) is 11.9 Å². The Hall–Kier alpha value is -3.07. The smallest absolute Gasteiger partial charge is 0.332 e. The fraction of sp³-hybridized carbons (Fsp3) is 0.429. The molecule has 0 radical (unpaired) electrons. The molecule has 0 aliphatic heterocycles. The quantitative estimate of drug-likeness (QED) is 0.400. The van der Waals surface area contributed by atoms with Gasteiger partial charge in [-0.25, -0.2) is 4.79 Å². The number of anilines is 1. The van der Waals surface area contributed by atoms with Crippen LogP contribution in [0.5, 0.6) is 0 Å². The second kappa shape index (κ2) is 9.38. The predicted octanol–water partition coefficient (Wildman–Crippen LogP) is 1.26. The van der Waals surface area contributed by atoms with Gasteiger partial charge in [-0.2, -0.15) is 4.98 Å². The molecule has 31 heavy (non-hydrogen) atoms. The minimum atomic E-state index is -0.436. The number of halogens is 1. The van der Waals surface area contributed by atoms with Gasteiger partial charge in [-0.15, -0.1) is 11.6 Å². The number of hydrogen-bond acceptors (Lipinski definition) is 5. The molecule has 3 rings (SSSR count). The zero-order valence-corrected chi connectivity index (χ0v) is 18.9. The van der Waals surface area contributed by atoms with E-state index in [1.54, 1.807) is 11.6 Å². The molecule has 2 aromatic heterocycles. The first kappa shape index (κ1) is 22.6. The van der Waals surface area contributed by atoms with E-state index in [4.69, 9.17) is 11.6 Å². The summed E-state index contributed by atoms with van der Waals surface area (Å²) in [5.41, 5.74) is 3.07. The summed E-state index contributed by atoms with van der Waals surface area (Å²) in [7, 11) is 3.05. The third-order valence-corrected chi connectivity index (χ3v) is 5.42. The Morgan fingerprint density at radius 3 is 2.58 bits per heavy atom. The van der Waals surface area contributed by atoms with Crippen molar-refractivity contribution in [2.75, 3.05) is 24.3 Å². The van der Waals surface area contributed by atoms with Gasteiger partial charge >= 0.3 is 5.69 Å². The molecule has 0 atom stereocenters. The summed E-state index contributed by atoms with van der Waals surface area (Å²) in [4.78, 5) is 41.5. The van der Waals surface area contributed by atoms with Crippen LogP contribution < -0.4 is 21.9 Å². The van der Waals surface area contributed by atoms with Crippen LogP contribution in [0.1, 0.15) is 23.1 Å². The number of nitrogens with zero attached hydrogens (tertiary/aromatic N) is 4. The number of amides is 1. The number of aryl methyl sites for hydroxylation is 3. The zero-order chi connectivity index (χ0) is 22.7. The van der Waals surface area contributed by atoms with E-state index in [9.17, 15) is 14.4 Å². The van der Waals surface area contributed by atoms with Crippen LogP contribution in [0.2, 0.25) is 0 Å². The van der Waals surface area contributed by atoms with Crippen molar-refractivity contribution >= 4 is 34.6 Å². The average Bonchev–Trinajstić information content (AvgIpc) is 3.09.